The highest BCUT2D eigenvalue weighted by molar-refractivity contribution is 7.08. The van der Waals surface area contributed by atoms with Crippen molar-refractivity contribution in [2.75, 3.05) is 18.4 Å². The lowest BCUT2D eigenvalue weighted by Crippen LogP contribution is -2.30. The van der Waals surface area contributed by atoms with Crippen molar-refractivity contribution in [1.82, 2.24) is 5.32 Å². The first-order chi connectivity index (χ1) is 6.33. The van der Waals surface area contributed by atoms with Gasteiger partial charge in [-0.3, -0.25) is 0 Å². The van der Waals surface area contributed by atoms with Gasteiger partial charge in [-0.1, -0.05) is 0 Å². The van der Waals surface area contributed by atoms with Gasteiger partial charge in [0.05, 0.1) is 5.69 Å². The first kappa shape index (κ1) is 10.0. The molecule has 1 aromatic rings. The molecule has 4 N–H and O–H groups in total. The molecule has 1 heterocycles. The topological polar surface area (TPSA) is 67.1 Å². The third kappa shape index (κ3) is 3.91. The van der Waals surface area contributed by atoms with Gasteiger partial charge in [0, 0.05) is 11.9 Å². The Morgan fingerprint density at radius 2 is 2.46 bits per heavy atom. The van der Waals surface area contributed by atoms with Crippen LogP contribution in [0.4, 0.5) is 10.5 Å². The van der Waals surface area contributed by atoms with E-state index in [1.54, 1.807) is 11.3 Å². The maximum atomic E-state index is 11.1. The summed E-state index contributed by atoms with van der Waals surface area (Å²) in [6.07, 6.45) is 0.803. The molecule has 0 atom stereocenters. The van der Waals surface area contributed by atoms with Crippen LogP contribution in [0.1, 0.15) is 6.42 Å². The molecule has 0 saturated carbocycles. The minimum Gasteiger partial charge on any atom is -0.338 e. The number of nitrogens with one attached hydrogen (secondary N) is 2. The third-order valence-corrected chi connectivity index (χ3v) is 2.13. The number of nitrogens with two attached hydrogens (primary N) is 1. The maximum Gasteiger partial charge on any atom is 0.319 e. The average Bonchev–Trinajstić information content (AvgIpc) is 2.57. The van der Waals surface area contributed by atoms with Crippen molar-refractivity contribution >= 4 is 23.1 Å². The van der Waals surface area contributed by atoms with E-state index in [1.807, 2.05) is 16.8 Å². The van der Waals surface area contributed by atoms with Crippen molar-refractivity contribution in [2.24, 2.45) is 5.73 Å². The van der Waals surface area contributed by atoms with Crippen molar-refractivity contribution in [1.29, 1.82) is 0 Å². The monoisotopic (exact) mass is 199 g/mol. The van der Waals surface area contributed by atoms with Crippen LogP contribution in [-0.2, 0) is 0 Å². The van der Waals surface area contributed by atoms with E-state index in [1.165, 1.54) is 0 Å². The summed E-state index contributed by atoms with van der Waals surface area (Å²) in [6, 6.07) is 1.68. The van der Waals surface area contributed by atoms with Crippen LogP contribution in [0.3, 0.4) is 0 Å². The first-order valence-corrected chi connectivity index (χ1v) is 5.04. The number of hydrogen-bond donors (Lipinski definition) is 3. The molecular weight excluding hydrogens is 186 g/mol. The highest BCUT2D eigenvalue weighted by atomic mass is 32.1. The number of carbonyl (C=O) groups excluding carboxylic acids is 1. The molecular formula is C8H13N3OS. The van der Waals surface area contributed by atoms with E-state index in [9.17, 15) is 4.79 Å². The Hall–Kier alpha value is -1.07. The number of amides is 2. The fourth-order valence-electron chi connectivity index (χ4n) is 0.815. The molecule has 72 valence electrons. The van der Waals surface area contributed by atoms with Crippen LogP contribution in [-0.4, -0.2) is 19.1 Å². The second-order valence-electron chi connectivity index (χ2n) is 2.54. The Labute approximate surface area is 81.1 Å². The molecule has 0 unspecified atom stereocenters. The minimum atomic E-state index is -0.174. The quantitative estimate of drug-likeness (QED) is 0.638. The number of hydrogen-bond acceptors (Lipinski definition) is 3. The second-order valence-corrected chi connectivity index (χ2v) is 3.32. The van der Waals surface area contributed by atoms with Gasteiger partial charge < -0.3 is 16.4 Å². The fourth-order valence-corrected chi connectivity index (χ4v) is 1.40. The molecule has 0 fully saturated rings. The summed E-state index contributed by atoms with van der Waals surface area (Å²) in [4.78, 5) is 11.1. The molecule has 0 aliphatic carbocycles. The van der Waals surface area contributed by atoms with Crippen molar-refractivity contribution in [2.45, 2.75) is 6.42 Å². The van der Waals surface area contributed by atoms with Crippen molar-refractivity contribution in [3.8, 4) is 0 Å². The predicted octanol–water partition coefficient (Wildman–Crippen LogP) is 1.22. The van der Waals surface area contributed by atoms with Gasteiger partial charge in [0.2, 0.25) is 0 Å². The van der Waals surface area contributed by atoms with Gasteiger partial charge in [-0.15, -0.1) is 0 Å². The van der Waals surface area contributed by atoms with Gasteiger partial charge in [-0.05, 0) is 24.4 Å². The van der Waals surface area contributed by atoms with Gasteiger partial charge in [0.1, 0.15) is 0 Å². The van der Waals surface area contributed by atoms with E-state index in [2.05, 4.69) is 10.6 Å². The van der Waals surface area contributed by atoms with E-state index >= 15 is 0 Å². The molecule has 0 spiro atoms. The summed E-state index contributed by atoms with van der Waals surface area (Å²) in [5.74, 6) is 0. The minimum absolute atomic E-state index is 0.174. The van der Waals surface area contributed by atoms with E-state index < -0.39 is 0 Å². The van der Waals surface area contributed by atoms with Crippen LogP contribution in [0.5, 0.6) is 0 Å². The Morgan fingerprint density at radius 1 is 1.62 bits per heavy atom. The molecule has 0 bridgehead atoms. The standard InChI is InChI=1S/C8H13N3OS/c9-3-1-4-10-8(12)11-7-2-5-13-6-7/h2,5-6H,1,3-4,9H2,(H2,10,11,12). The van der Waals surface area contributed by atoms with Crippen LogP contribution in [0.2, 0.25) is 0 Å². The molecule has 2 amide bonds. The lowest BCUT2D eigenvalue weighted by Gasteiger charge is -2.04. The smallest absolute Gasteiger partial charge is 0.319 e. The van der Waals surface area contributed by atoms with Crippen LogP contribution >= 0.6 is 11.3 Å². The number of thiophene rings is 1. The van der Waals surface area contributed by atoms with Crippen LogP contribution in [0.15, 0.2) is 16.8 Å². The van der Waals surface area contributed by atoms with Crippen molar-refractivity contribution in [3.63, 3.8) is 0 Å². The fraction of sp³-hybridized carbons (Fsp3) is 0.375. The molecule has 4 nitrogen and oxygen atoms in total. The van der Waals surface area contributed by atoms with Crippen molar-refractivity contribution < 1.29 is 4.79 Å². The highest BCUT2D eigenvalue weighted by Crippen LogP contribution is 2.10. The number of anilines is 1. The van der Waals surface area contributed by atoms with Gasteiger partial charge in [0.15, 0.2) is 0 Å². The maximum absolute atomic E-state index is 11.1. The van der Waals surface area contributed by atoms with Gasteiger partial charge in [-0.2, -0.15) is 11.3 Å². The van der Waals surface area contributed by atoms with Crippen molar-refractivity contribution in [3.05, 3.63) is 16.8 Å². The average molecular weight is 199 g/mol. The van der Waals surface area contributed by atoms with E-state index in [0.717, 1.165) is 12.1 Å². The summed E-state index contributed by atoms with van der Waals surface area (Å²) < 4.78 is 0. The molecule has 0 aromatic carbocycles. The second kappa shape index (κ2) is 5.55. The molecule has 1 rings (SSSR count). The zero-order valence-corrected chi connectivity index (χ0v) is 8.06. The number of carbonyl (C=O) groups is 1. The van der Waals surface area contributed by atoms with Gasteiger partial charge >= 0.3 is 6.03 Å². The van der Waals surface area contributed by atoms with E-state index in [0.29, 0.717) is 13.1 Å². The molecule has 0 saturated heterocycles. The molecule has 5 heteroatoms. The Kier molecular flexibility index (Phi) is 4.28. The summed E-state index contributed by atoms with van der Waals surface area (Å²) in [7, 11) is 0. The lowest BCUT2D eigenvalue weighted by atomic mass is 10.4. The largest absolute Gasteiger partial charge is 0.338 e. The van der Waals surface area contributed by atoms with Crippen LogP contribution < -0.4 is 16.4 Å². The summed E-state index contributed by atoms with van der Waals surface area (Å²) in [5, 5.41) is 9.19. The molecule has 0 aliphatic heterocycles. The lowest BCUT2D eigenvalue weighted by molar-refractivity contribution is 0.252. The number of urea groups is 1. The SMILES string of the molecule is NCCCNC(=O)Nc1ccsc1. The van der Waals surface area contributed by atoms with Gasteiger partial charge in [0.25, 0.3) is 0 Å². The zero-order chi connectivity index (χ0) is 9.52. The molecule has 13 heavy (non-hydrogen) atoms. The van der Waals surface area contributed by atoms with E-state index in [-0.39, 0.29) is 6.03 Å². The predicted molar refractivity (Wildman–Crippen MR) is 55.0 cm³/mol. The Balaban J connectivity index is 2.18. The summed E-state index contributed by atoms with van der Waals surface area (Å²) in [6.45, 7) is 1.21. The van der Waals surface area contributed by atoms with Gasteiger partial charge in [-0.25, -0.2) is 4.79 Å². The molecule has 1 aromatic heterocycles. The molecule has 0 radical (unpaired) electrons. The third-order valence-electron chi connectivity index (χ3n) is 1.45. The Morgan fingerprint density at radius 3 is 3.08 bits per heavy atom. The normalized spacial score (nSPS) is 9.62. The van der Waals surface area contributed by atoms with E-state index in [4.69, 9.17) is 5.73 Å². The highest BCUT2D eigenvalue weighted by Gasteiger charge is 1.99. The zero-order valence-electron chi connectivity index (χ0n) is 7.25. The number of rotatable bonds is 4. The summed E-state index contributed by atoms with van der Waals surface area (Å²) >= 11 is 1.55. The first-order valence-electron chi connectivity index (χ1n) is 4.10. The van der Waals surface area contributed by atoms with Crippen LogP contribution in [0, 0.1) is 0 Å². The Bertz CT molecular complexity index is 248. The van der Waals surface area contributed by atoms with Crippen LogP contribution in [0.25, 0.3) is 0 Å². The summed E-state index contributed by atoms with van der Waals surface area (Å²) in [5.41, 5.74) is 6.11. The molecule has 0 aliphatic rings.